The van der Waals surface area contributed by atoms with Gasteiger partial charge in [0.1, 0.15) is 5.02 Å². The van der Waals surface area contributed by atoms with E-state index in [-0.39, 0.29) is 11.8 Å². The topological polar surface area (TPSA) is 103 Å². The van der Waals surface area contributed by atoms with Gasteiger partial charge in [-0.1, -0.05) is 23.2 Å². The SMILES string of the molecule is O=Cc1cc([N+](=O)[O-])c(Cl)c([N+](=O)[O-])c1Cl. The lowest BCUT2D eigenvalue weighted by atomic mass is 10.2. The van der Waals surface area contributed by atoms with Crippen LogP contribution in [0.1, 0.15) is 10.4 Å². The first-order valence-electron chi connectivity index (χ1n) is 3.66. The molecule has 0 aliphatic carbocycles. The van der Waals surface area contributed by atoms with E-state index in [9.17, 15) is 25.0 Å². The van der Waals surface area contributed by atoms with Crippen LogP contribution in [0.15, 0.2) is 6.07 Å². The molecule has 16 heavy (non-hydrogen) atoms. The summed E-state index contributed by atoms with van der Waals surface area (Å²) in [6.45, 7) is 0. The molecule has 0 N–H and O–H groups in total. The Bertz CT molecular complexity index is 502. The summed E-state index contributed by atoms with van der Waals surface area (Å²) in [6.07, 6.45) is 0.179. The van der Waals surface area contributed by atoms with Crippen LogP contribution in [0.3, 0.4) is 0 Å². The highest BCUT2D eigenvalue weighted by Gasteiger charge is 2.30. The van der Waals surface area contributed by atoms with Gasteiger partial charge in [-0.25, -0.2) is 0 Å². The normalized spacial score (nSPS) is 9.88. The Labute approximate surface area is 97.9 Å². The lowest BCUT2D eigenvalue weighted by Gasteiger charge is -2.01. The summed E-state index contributed by atoms with van der Waals surface area (Å²) in [5.41, 5.74) is -1.94. The van der Waals surface area contributed by atoms with E-state index in [1.54, 1.807) is 0 Å². The van der Waals surface area contributed by atoms with Gasteiger partial charge in [-0.05, 0) is 0 Å². The van der Waals surface area contributed by atoms with E-state index < -0.39 is 31.3 Å². The monoisotopic (exact) mass is 264 g/mol. The fourth-order valence-electron chi connectivity index (χ4n) is 1.01. The number of rotatable bonds is 3. The first-order chi connectivity index (χ1) is 7.40. The molecular weight excluding hydrogens is 263 g/mol. The van der Waals surface area contributed by atoms with E-state index in [1.165, 1.54) is 0 Å². The molecule has 0 saturated heterocycles. The van der Waals surface area contributed by atoms with Crippen LogP contribution >= 0.6 is 23.2 Å². The number of benzene rings is 1. The minimum absolute atomic E-state index is 0.179. The van der Waals surface area contributed by atoms with Gasteiger partial charge >= 0.3 is 5.69 Å². The summed E-state index contributed by atoms with van der Waals surface area (Å²) in [5, 5.41) is 19.9. The third-order valence-electron chi connectivity index (χ3n) is 1.69. The van der Waals surface area contributed by atoms with E-state index in [2.05, 4.69) is 0 Å². The van der Waals surface area contributed by atoms with Crippen LogP contribution in [0.25, 0.3) is 0 Å². The van der Waals surface area contributed by atoms with E-state index in [0.29, 0.717) is 0 Å². The molecule has 0 aromatic heterocycles. The molecule has 1 aromatic carbocycles. The molecule has 0 atom stereocenters. The van der Waals surface area contributed by atoms with Gasteiger partial charge in [0.2, 0.25) is 0 Å². The predicted molar refractivity (Wildman–Crippen MR) is 55.2 cm³/mol. The fourth-order valence-corrected chi connectivity index (χ4v) is 1.61. The van der Waals surface area contributed by atoms with Crippen molar-refractivity contribution in [2.45, 2.75) is 0 Å². The van der Waals surface area contributed by atoms with Gasteiger partial charge in [0, 0.05) is 11.6 Å². The maximum atomic E-state index is 10.6. The highest BCUT2D eigenvalue weighted by atomic mass is 35.5. The number of nitrogens with zero attached hydrogens (tertiary/aromatic N) is 2. The quantitative estimate of drug-likeness (QED) is 0.474. The second-order valence-electron chi connectivity index (χ2n) is 2.59. The van der Waals surface area contributed by atoms with Crippen LogP contribution in [-0.4, -0.2) is 16.1 Å². The van der Waals surface area contributed by atoms with Crippen molar-refractivity contribution in [1.82, 2.24) is 0 Å². The fraction of sp³-hybridized carbons (Fsp3) is 0. The molecule has 1 rings (SSSR count). The first-order valence-corrected chi connectivity index (χ1v) is 4.41. The first kappa shape index (κ1) is 12.3. The number of nitro benzene ring substituents is 2. The number of aldehydes is 1. The van der Waals surface area contributed by atoms with Crippen molar-refractivity contribution < 1.29 is 14.6 Å². The average Bonchev–Trinajstić information content (AvgIpc) is 2.16. The van der Waals surface area contributed by atoms with Crippen molar-refractivity contribution in [3.8, 4) is 0 Å². The van der Waals surface area contributed by atoms with Crippen LogP contribution in [0.4, 0.5) is 11.4 Å². The molecule has 0 aliphatic heterocycles. The zero-order valence-electron chi connectivity index (χ0n) is 7.35. The second kappa shape index (κ2) is 4.42. The van der Waals surface area contributed by atoms with Crippen molar-refractivity contribution in [2.75, 3.05) is 0 Å². The standard InChI is InChI=1S/C7H2Cl2N2O5/c8-5-3(2-12)1-4(10(13)14)6(9)7(5)11(15)16/h1-2H. The molecule has 1 aromatic rings. The molecule has 0 unspecified atom stereocenters. The van der Waals surface area contributed by atoms with E-state index >= 15 is 0 Å². The maximum absolute atomic E-state index is 10.6. The molecule has 0 saturated carbocycles. The lowest BCUT2D eigenvalue weighted by molar-refractivity contribution is -0.393. The molecule has 0 bridgehead atoms. The molecule has 7 nitrogen and oxygen atoms in total. The number of carbonyl (C=O) groups excluding carboxylic acids is 1. The van der Waals surface area contributed by atoms with Crippen molar-refractivity contribution in [1.29, 1.82) is 0 Å². The van der Waals surface area contributed by atoms with Gasteiger partial charge in [0.15, 0.2) is 11.3 Å². The highest BCUT2D eigenvalue weighted by molar-refractivity contribution is 6.41. The summed E-state index contributed by atoms with van der Waals surface area (Å²) in [6, 6.07) is 0.782. The maximum Gasteiger partial charge on any atom is 0.314 e. The zero-order valence-corrected chi connectivity index (χ0v) is 8.86. The van der Waals surface area contributed by atoms with Crippen LogP contribution in [-0.2, 0) is 0 Å². The van der Waals surface area contributed by atoms with Gasteiger partial charge in [-0.2, -0.15) is 0 Å². The van der Waals surface area contributed by atoms with Crippen molar-refractivity contribution in [3.63, 3.8) is 0 Å². The van der Waals surface area contributed by atoms with Gasteiger partial charge in [-0.15, -0.1) is 0 Å². The number of hydrogen-bond donors (Lipinski definition) is 0. The molecule has 0 aliphatic rings. The second-order valence-corrected chi connectivity index (χ2v) is 3.35. The molecule has 0 heterocycles. The summed E-state index contributed by atoms with van der Waals surface area (Å²) >= 11 is 11.0. The van der Waals surface area contributed by atoms with Crippen molar-refractivity contribution >= 4 is 40.9 Å². The Morgan fingerprint density at radius 2 is 1.69 bits per heavy atom. The largest absolute Gasteiger partial charge is 0.314 e. The Morgan fingerprint density at radius 1 is 1.12 bits per heavy atom. The average molecular weight is 265 g/mol. The molecule has 84 valence electrons. The van der Waals surface area contributed by atoms with Gasteiger partial charge in [0.25, 0.3) is 5.69 Å². The van der Waals surface area contributed by atoms with Crippen LogP contribution in [0.2, 0.25) is 10.0 Å². The van der Waals surface area contributed by atoms with Crippen LogP contribution in [0, 0.1) is 20.2 Å². The van der Waals surface area contributed by atoms with Gasteiger partial charge in [-0.3, -0.25) is 25.0 Å². The van der Waals surface area contributed by atoms with E-state index in [4.69, 9.17) is 23.2 Å². The number of nitro groups is 2. The number of halogens is 2. The van der Waals surface area contributed by atoms with Crippen LogP contribution < -0.4 is 0 Å². The molecule has 0 fully saturated rings. The van der Waals surface area contributed by atoms with Gasteiger partial charge in [0.05, 0.1) is 9.85 Å². The summed E-state index contributed by atoms with van der Waals surface area (Å²) in [5.74, 6) is 0. The molecule has 9 heteroatoms. The lowest BCUT2D eigenvalue weighted by Crippen LogP contribution is -1.99. The molecule has 0 radical (unpaired) electrons. The highest BCUT2D eigenvalue weighted by Crippen LogP contribution is 2.40. The Kier molecular flexibility index (Phi) is 3.41. The summed E-state index contributed by atoms with van der Waals surface area (Å²) < 4.78 is 0. The van der Waals surface area contributed by atoms with Crippen LogP contribution in [0.5, 0.6) is 0 Å². The predicted octanol–water partition coefficient (Wildman–Crippen LogP) is 2.62. The number of hydrogen-bond acceptors (Lipinski definition) is 5. The summed E-state index contributed by atoms with van der Waals surface area (Å²) in [4.78, 5) is 29.7. The molecule has 0 spiro atoms. The summed E-state index contributed by atoms with van der Waals surface area (Å²) in [7, 11) is 0. The molecule has 0 amide bonds. The zero-order chi connectivity index (χ0) is 12.5. The van der Waals surface area contributed by atoms with E-state index in [1.807, 2.05) is 0 Å². The van der Waals surface area contributed by atoms with Crippen molar-refractivity contribution in [2.24, 2.45) is 0 Å². The Balaban J connectivity index is 3.71. The third-order valence-corrected chi connectivity index (χ3v) is 2.46. The third kappa shape index (κ3) is 1.95. The molecular formula is C7H2Cl2N2O5. The Morgan fingerprint density at radius 3 is 2.06 bits per heavy atom. The van der Waals surface area contributed by atoms with Crippen molar-refractivity contribution in [3.05, 3.63) is 41.9 Å². The minimum Gasteiger partial charge on any atom is -0.298 e. The Hall–Kier alpha value is -1.73. The van der Waals surface area contributed by atoms with E-state index in [0.717, 1.165) is 6.07 Å². The number of carbonyl (C=O) groups is 1. The van der Waals surface area contributed by atoms with Gasteiger partial charge < -0.3 is 0 Å². The minimum atomic E-state index is -0.981. The smallest absolute Gasteiger partial charge is 0.298 e.